The Morgan fingerprint density at radius 2 is 1.74 bits per heavy atom. The summed E-state index contributed by atoms with van der Waals surface area (Å²) in [6.45, 7) is 2.54. The molecule has 140 valence electrons. The SMILES string of the molecule is C#CCNS(=O)(=O)c1cccc(C(=O)N2CCN(c3ccccc3)CC2)c1. The van der Waals surface area contributed by atoms with Crippen molar-refractivity contribution in [3.05, 3.63) is 60.2 Å². The Hall–Kier alpha value is -2.82. The minimum Gasteiger partial charge on any atom is -0.368 e. The molecule has 0 aliphatic carbocycles. The Kier molecular flexibility index (Phi) is 5.79. The van der Waals surface area contributed by atoms with Crippen molar-refractivity contribution in [3.8, 4) is 12.3 Å². The third-order valence-corrected chi connectivity index (χ3v) is 5.84. The number of para-hydroxylation sites is 1. The Bertz CT molecular complexity index is 944. The van der Waals surface area contributed by atoms with Gasteiger partial charge in [-0.25, -0.2) is 8.42 Å². The van der Waals surface area contributed by atoms with Gasteiger partial charge in [-0.05, 0) is 30.3 Å². The van der Waals surface area contributed by atoms with E-state index in [1.807, 2.05) is 18.2 Å². The first-order chi connectivity index (χ1) is 13.0. The van der Waals surface area contributed by atoms with Crippen LogP contribution in [-0.4, -0.2) is 51.9 Å². The molecule has 1 aliphatic heterocycles. The van der Waals surface area contributed by atoms with Crippen LogP contribution in [0.1, 0.15) is 10.4 Å². The summed E-state index contributed by atoms with van der Waals surface area (Å²) in [6.07, 6.45) is 5.10. The number of terminal acetylenes is 1. The van der Waals surface area contributed by atoms with Gasteiger partial charge in [-0.1, -0.05) is 30.2 Å². The molecule has 6 nitrogen and oxygen atoms in total. The smallest absolute Gasteiger partial charge is 0.254 e. The van der Waals surface area contributed by atoms with Crippen LogP contribution in [-0.2, 0) is 10.0 Å². The van der Waals surface area contributed by atoms with Crippen molar-refractivity contribution in [2.24, 2.45) is 0 Å². The summed E-state index contributed by atoms with van der Waals surface area (Å²) in [6, 6.07) is 16.1. The number of rotatable bonds is 5. The van der Waals surface area contributed by atoms with Crippen molar-refractivity contribution in [2.45, 2.75) is 4.90 Å². The van der Waals surface area contributed by atoms with Crippen LogP contribution in [0.5, 0.6) is 0 Å². The van der Waals surface area contributed by atoms with Crippen molar-refractivity contribution in [1.82, 2.24) is 9.62 Å². The Labute approximate surface area is 159 Å². The molecule has 0 aromatic heterocycles. The number of hydrogen-bond donors (Lipinski definition) is 1. The van der Waals surface area contributed by atoms with E-state index in [9.17, 15) is 13.2 Å². The first-order valence-electron chi connectivity index (χ1n) is 8.64. The molecule has 0 spiro atoms. The van der Waals surface area contributed by atoms with Crippen LogP contribution in [0.2, 0.25) is 0 Å². The largest absolute Gasteiger partial charge is 0.368 e. The molecule has 0 atom stereocenters. The van der Waals surface area contributed by atoms with Crippen LogP contribution < -0.4 is 9.62 Å². The molecule has 0 radical (unpaired) electrons. The van der Waals surface area contributed by atoms with Crippen LogP contribution in [0, 0.1) is 12.3 Å². The molecule has 1 heterocycles. The van der Waals surface area contributed by atoms with Gasteiger partial charge in [0.25, 0.3) is 5.91 Å². The van der Waals surface area contributed by atoms with Crippen LogP contribution in [0.25, 0.3) is 0 Å². The van der Waals surface area contributed by atoms with E-state index in [4.69, 9.17) is 6.42 Å². The van der Waals surface area contributed by atoms with E-state index in [-0.39, 0.29) is 17.3 Å². The van der Waals surface area contributed by atoms with E-state index >= 15 is 0 Å². The van der Waals surface area contributed by atoms with Crippen LogP contribution in [0.15, 0.2) is 59.5 Å². The molecule has 0 unspecified atom stereocenters. The zero-order valence-corrected chi connectivity index (χ0v) is 15.7. The van der Waals surface area contributed by atoms with Gasteiger partial charge in [0.2, 0.25) is 10.0 Å². The average Bonchev–Trinajstić information content (AvgIpc) is 2.72. The fraction of sp³-hybridized carbons (Fsp3) is 0.250. The number of carbonyl (C=O) groups excluding carboxylic acids is 1. The number of nitrogens with one attached hydrogen (secondary N) is 1. The molecule has 1 saturated heterocycles. The Balaban J connectivity index is 1.69. The Morgan fingerprint density at radius 1 is 1.04 bits per heavy atom. The highest BCUT2D eigenvalue weighted by Crippen LogP contribution is 2.18. The lowest BCUT2D eigenvalue weighted by molar-refractivity contribution is 0.0746. The monoisotopic (exact) mass is 383 g/mol. The second-order valence-corrected chi connectivity index (χ2v) is 7.94. The molecular formula is C20H21N3O3S. The summed E-state index contributed by atoms with van der Waals surface area (Å²) in [5.41, 5.74) is 1.49. The van der Waals surface area contributed by atoms with Gasteiger partial charge in [0.05, 0.1) is 11.4 Å². The number of benzene rings is 2. The number of amides is 1. The molecule has 27 heavy (non-hydrogen) atoms. The molecular weight excluding hydrogens is 362 g/mol. The molecule has 0 saturated carbocycles. The van der Waals surface area contributed by atoms with Gasteiger partial charge in [-0.3, -0.25) is 4.79 Å². The first-order valence-corrected chi connectivity index (χ1v) is 10.1. The lowest BCUT2D eigenvalue weighted by atomic mass is 10.1. The minimum atomic E-state index is -3.73. The number of piperazine rings is 1. The summed E-state index contributed by atoms with van der Waals surface area (Å²) in [7, 11) is -3.73. The maximum Gasteiger partial charge on any atom is 0.254 e. The minimum absolute atomic E-state index is 0.0338. The molecule has 1 N–H and O–H groups in total. The van der Waals surface area contributed by atoms with E-state index in [0.29, 0.717) is 18.7 Å². The number of sulfonamides is 1. The second kappa shape index (κ2) is 8.25. The van der Waals surface area contributed by atoms with Gasteiger partial charge in [0.15, 0.2) is 0 Å². The third kappa shape index (κ3) is 4.48. The second-order valence-electron chi connectivity index (χ2n) is 6.17. The van der Waals surface area contributed by atoms with Crippen molar-refractivity contribution >= 4 is 21.6 Å². The van der Waals surface area contributed by atoms with E-state index in [0.717, 1.165) is 18.8 Å². The topological polar surface area (TPSA) is 69.7 Å². The van der Waals surface area contributed by atoms with Crippen LogP contribution >= 0.6 is 0 Å². The summed E-state index contributed by atoms with van der Waals surface area (Å²) in [4.78, 5) is 16.8. The summed E-state index contributed by atoms with van der Waals surface area (Å²) < 4.78 is 26.7. The molecule has 7 heteroatoms. The summed E-state index contributed by atoms with van der Waals surface area (Å²) >= 11 is 0. The number of hydrogen-bond acceptors (Lipinski definition) is 4. The van der Waals surface area contributed by atoms with Crippen molar-refractivity contribution in [1.29, 1.82) is 0 Å². The molecule has 0 bridgehead atoms. The van der Waals surface area contributed by atoms with E-state index in [1.54, 1.807) is 17.0 Å². The highest BCUT2D eigenvalue weighted by atomic mass is 32.2. The number of anilines is 1. The molecule has 3 rings (SSSR count). The van der Waals surface area contributed by atoms with Crippen molar-refractivity contribution in [3.63, 3.8) is 0 Å². The first kappa shape index (κ1) is 19.0. The van der Waals surface area contributed by atoms with E-state index in [1.165, 1.54) is 12.1 Å². The molecule has 1 amide bonds. The van der Waals surface area contributed by atoms with Gasteiger partial charge in [-0.15, -0.1) is 6.42 Å². The highest BCUT2D eigenvalue weighted by Gasteiger charge is 2.23. The van der Waals surface area contributed by atoms with Crippen LogP contribution in [0.3, 0.4) is 0 Å². The molecule has 2 aromatic rings. The normalized spacial score (nSPS) is 14.6. The quantitative estimate of drug-likeness (QED) is 0.796. The third-order valence-electron chi connectivity index (χ3n) is 4.44. The highest BCUT2D eigenvalue weighted by molar-refractivity contribution is 7.89. The average molecular weight is 383 g/mol. The van der Waals surface area contributed by atoms with Gasteiger partial charge in [-0.2, -0.15) is 4.72 Å². The fourth-order valence-electron chi connectivity index (χ4n) is 3.01. The zero-order valence-electron chi connectivity index (χ0n) is 14.8. The molecule has 2 aromatic carbocycles. The predicted octanol–water partition coefficient (Wildman–Crippen LogP) is 1.56. The zero-order chi connectivity index (χ0) is 19.3. The van der Waals surface area contributed by atoms with Crippen LogP contribution in [0.4, 0.5) is 5.69 Å². The number of nitrogens with zero attached hydrogens (tertiary/aromatic N) is 2. The molecule has 1 fully saturated rings. The fourth-order valence-corrected chi connectivity index (χ4v) is 3.99. The number of carbonyl (C=O) groups is 1. The summed E-state index contributed by atoms with van der Waals surface area (Å²) in [5.74, 6) is 2.06. The predicted molar refractivity (Wildman–Crippen MR) is 105 cm³/mol. The maximum atomic E-state index is 12.8. The van der Waals surface area contributed by atoms with Crippen molar-refractivity contribution < 1.29 is 13.2 Å². The molecule has 1 aliphatic rings. The van der Waals surface area contributed by atoms with Crippen molar-refractivity contribution in [2.75, 3.05) is 37.6 Å². The van der Waals surface area contributed by atoms with E-state index in [2.05, 4.69) is 27.7 Å². The lowest BCUT2D eigenvalue weighted by Gasteiger charge is -2.36. The van der Waals surface area contributed by atoms with E-state index < -0.39 is 10.0 Å². The maximum absolute atomic E-state index is 12.8. The van der Waals surface area contributed by atoms with Gasteiger partial charge in [0, 0.05) is 37.4 Å². The van der Waals surface area contributed by atoms with Gasteiger partial charge >= 0.3 is 0 Å². The Morgan fingerprint density at radius 3 is 2.41 bits per heavy atom. The van der Waals surface area contributed by atoms with Gasteiger partial charge < -0.3 is 9.80 Å². The lowest BCUT2D eigenvalue weighted by Crippen LogP contribution is -2.48. The summed E-state index contributed by atoms with van der Waals surface area (Å²) in [5, 5.41) is 0. The standard InChI is InChI=1S/C20H21N3O3S/c1-2-11-21-27(25,26)19-10-6-7-17(16-19)20(24)23-14-12-22(13-15-23)18-8-4-3-5-9-18/h1,3-10,16,21H,11-15H2. The van der Waals surface area contributed by atoms with Gasteiger partial charge in [0.1, 0.15) is 0 Å².